The molecule has 6 heteroatoms. The molecule has 0 aromatic heterocycles. The van der Waals surface area contributed by atoms with Crippen LogP contribution in [0.3, 0.4) is 0 Å². The lowest BCUT2D eigenvalue weighted by Gasteiger charge is -2.45. The Morgan fingerprint density at radius 1 is 0.788 bits per heavy atom. The number of fused-ring (bicyclic) bond motifs is 4. The van der Waals surface area contributed by atoms with Crippen LogP contribution in [0.15, 0.2) is 0 Å². The van der Waals surface area contributed by atoms with Gasteiger partial charge in [-0.05, 0) is 63.2 Å². The number of cyclic esters (lactones) is 1. The maximum Gasteiger partial charge on any atom is 0.309 e. The second-order valence-electron chi connectivity index (χ2n) is 11.9. The molecule has 6 nitrogen and oxygen atoms in total. The van der Waals surface area contributed by atoms with E-state index in [1.54, 1.807) is 7.11 Å². The van der Waals surface area contributed by atoms with Crippen LogP contribution in [0, 0.1) is 47.3 Å². The molecule has 0 amide bonds. The zero-order valence-corrected chi connectivity index (χ0v) is 20.6. The normalized spacial score (nSPS) is 53.0. The molecular weight excluding hydrogens is 420 g/mol. The van der Waals surface area contributed by atoms with Crippen LogP contribution in [-0.2, 0) is 19.0 Å². The molecule has 188 valence electrons. The quantitative estimate of drug-likeness (QED) is 0.572. The maximum atomic E-state index is 11.7. The van der Waals surface area contributed by atoms with Gasteiger partial charge in [0.25, 0.3) is 0 Å². The Bertz CT molecular complexity index is 698. The average Bonchev–Trinajstić information content (AvgIpc) is 3.29. The zero-order valence-electron chi connectivity index (χ0n) is 20.6. The molecule has 2 aliphatic heterocycles. The summed E-state index contributed by atoms with van der Waals surface area (Å²) in [4.78, 5) is 11.7. The van der Waals surface area contributed by atoms with Crippen molar-refractivity contribution in [2.24, 2.45) is 47.3 Å². The minimum Gasteiger partial charge on any atom is -0.462 e. The lowest BCUT2D eigenvalue weighted by atomic mass is 9.61. The molecule has 7 unspecified atom stereocenters. The third kappa shape index (κ3) is 4.28. The van der Waals surface area contributed by atoms with Crippen molar-refractivity contribution < 1.29 is 29.2 Å². The number of hydrogen-bond donors (Lipinski definition) is 2. The summed E-state index contributed by atoms with van der Waals surface area (Å²) in [5, 5.41) is 21.1. The van der Waals surface area contributed by atoms with Gasteiger partial charge in [-0.2, -0.15) is 0 Å². The lowest BCUT2D eigenvalue weighted by Crippen LogP contribution is -2.47. The van der Waals surface area contributed by atoms with E-state index in [9.17, 15) is 15.0 Å². The molecule has 6 aliphatic rings. The Kier molecular flexibility index (Phi) is 7.10. The Morgan fingerprint density at radius 3 is 2.00 bits per heavy atom. The summed E-state index contributed by atoms with van der Waals surface area (Å²) in [6.07, 6.45) is 11.6. The molecule has 4 saturated carbocycles. The second-order valence-corrected chi connectivity index (χ2v) is 11.9. The molecule has 2 saturated heterocycles. The number of rotatable bonds is 1. The van der Waals surface area contributed by atoms with E-state index in [1.807, 2.05) is 6.92 Å². The topological polar surface area (TPSA) is 85.2 Å². The molecular formula is C27H44O6. The predicted octanol–water partition coefficient (Wildman–Crippen LogP) is 3.92. The smallest absolute Gasteiger partial charge is 0.309 e. The summed E-state index contributed by atoms with van der Waals surface area (Å²) in [6.45, 7) is 4.01. The van der Waals surface area contributed by atoms with Crippen LogP contribution < -0.4 is 0 Å². The SMILES string of the molecule is COC1OC(C)C2C(O)C3CCCCC3CC12.C[C@@H]1OC(=O)[C@H]2C[C@H]3CCCC[C@@H]3[C@@H](O)[C@@H]12. The third-order valence-electron chi connectivity index (χ3n) is 10.3. The Hall–Kier alpha value is -0.690. The van der Waals surface area contributed by atoms with Gasteiger partial charge < -0.3 is 24.4 Å². The first-order chi connectivity index (χ1) is 15.9. The van der Waals surface area contributed by atoms with Crippen molar-refractivity contribution in [3.05, 3.63) is 0 Å². The van der Waals surface area contributed by atoms with Crippen LogP contribution in [0.1, 0.15) is 78.1 Å². The van der Waals surface area contributed by atoms with Gasteiger partial charge in [0.2, 0.25) is 0 Å². The molecule has 2 N–H and O–H groups in total. The molecule has 13 atom stereocenters. The highest BCUT2D eigenvalue weighted by molar-refractivity contribution is 5.75. The minimum absolute atomic E-state index is 0.0238. The summed E-state index contributed by atoms with van der Waals surface area (Å²) < 4.78 is 16.6. The largest absolute Gasteiger partial charge is 0.462 e. The Morgan fingerprint density at radius 2 is 1.36 bits per heavy atom. The van der Waals surface area contributed by atoms with Crippen LogP contribution in [0.4, 0.5) is 0 Å². The number of ether oxygens (including phenoxy) is 3. The van der Waals surface area contributed by atoms with Gasteiger partial charge in [0.15, 0.2) is 6.29 Å². The van der Waals surface area contributed by atoms with Crippen LogP contribution in [0.5, 0.6) is 0 Å². The first-order valence-electron chi connectivity index (χ1n) is 13.7. The van der Waals surface area contributed by atoms with Crippen molar-refractivity contribution in [3.63, 3.8) is 0 Å². The number of aliphatic hydroxyl groups is 2. The molecule has 4 aliphatic carbocycles. The lowest BCUT2D eigenvalue weighted by molar-refractivity contribution is -0.144. The Labute approximate surface area is 198 Å². The van der Waals surface area contributed by atoms with Crippen LogP contribution in [0.25, 0.3) is 0 Å². The number of carbonyl (C=O) groups is 1. The highest BCUT2D eigenvalue weighted by atomic mass is 16.7. The van der Waals surface area contributed by atoms with Crippen molar-refractivity contribution in [2.45, 2.75) is 109 Å². The molecule has 0 radical (unpaired) electrons. The van der Waals surface area contributed by atoms with Crippen molar-refractivity contribution in [3.8, 4) is 0 Å². The summed E-state index contributed by atoms with van der Waals surface area (Å²) in [5.74, 6) is 2.87. The number of aliphatic hydroxyl groups excluding tert-OH is 2. The van der Waals surface area contributed by atoms with E-state index < -0.39 is 0 Å². The zero-order chi connectivity index (χ0) is 23.3. The van der Waals surface area contributed by atoms with E-state index in [4.69, 9.17) is 14.2 Å². The van der Waals surface area contributed by atoms with Gasteiger partial charge in [-0.15, -0.1) is 0 Å². The van der Waals surface area contributed by atoms with Gasteiger partial charge >= 0.3 is 5.97 Å². The summed E-state index contributed by atoms with van der Waals surface area (Å²) >= 11 is 0. The van der Waals surface area contributed by atoms with Gasteiger partial charge in [0, 0.05) is 24.9 Å². The molecule has 33 heavy (non-hydrogen) atoms. The van der Waals surface area contributed by atoms with E-state index in [0.717, 1.165) is 12.8 Å². The monoisotopic (exact) mass is 464 g/mol. The highest BCUT2D eigenvalue weighted by Crippen LogP contribution is 2.52. The van der Waals surface area contributed by atoms with Crippen LogP contribution in [-0.4, -0.2) is 54.0 Å². The first-order valence-corrected chi connectivity index (χ1v) is 13.7. The van der Waals surface area contributed by atoms with Crippen molar-refractivity contribution in [1.82, 2.24) is 0 Å². The van der Waals surface area contributed by atoms with E-state index in [-0.39, 0.29) is 48.5 Å². The summed E-state index contributed by atoms with van der Waals surface area (Å²) in [7, 11) is 1.72. The van der Waals surface area contributed by atoms with Gasteiger partial charge in [0.05, 0.1) is 24.2 Å². The fourth-order valence-electron chi connectivity index (χ4n) is 8.77. The first kappa shape index (κ1) is 24.0. The highest BCUT2D eigenvalue weighted by Gasteiger charge is 2.55. The fourth-order valence-corrected chi connectivity index (χ4v) is 8.77. The molecule has 2 heterocycles. The van der Waals surface area contributed by atoms with E-state index in [2.05, 4.69) is 6.92 Å². The molecule has 6 fully saturated rings. The van der Waals surface area contributed by atoms with E-state index >= 15 is 0 Å². The molecule has 0 aromatic rings. The average molecular weight is 465 g/mol. The van der Waals surface area contributed by atoms with Crippen LogP contribution in [0.2, 0.25) is 0 Å². The van der Waals surface area contributed by atoms with Gasteiger partial charge in [0.1, 0.15) is 6.10 Å². The van der Waals surface area contributed by atoms with Gasteiger partial charge in [-0.25, -0.2) is 0 Å². The molecule has 6 rings (SSSR count). The van der Waals surface area contributed by atoms with Gasteiger partial charge in [-0.1, -0.05) is 38.5 Å². The van der Waals surface area contributed by atoms with Crippen LogP contribution >= 0.6 is 0 Å². The fraction of sp³-hybridized carbons (Fsp3) is 0.963. The van der Waals surface area contributed by atoms with Crippen molar-refractivity contribution in [2.75, 3.05) is 7.11 Å². The van der Waals surface area contributed by atoms with Crippen molar-refractivity contribution >= 4 is 5.97 Å². The minimum atomic E-state index is -0.314. The molecule has 0 spiro atoms. The van der Waals surface area contributed by atoms with E-state index in [0.29, 0.717) is 35.5 Å². The van der Waals surface area contributed by atoms with E-state index in [1.165, 1.54) is 51.4 Å². The van der Waals surface area contributed by atoms with Gasteiger partial charge in [-0.3, -0.25) is 4.79 Å². The Balaban J connectivity index is 0.000000139. The predicted molar refractivity (Wildman–Crippen MR) is 123 cm³/mol. The number of esters is 1. The third-order valence-corrected chi connectivity index (χ3v) is 10.3. The number of methoxy groups -OCH3 is 1. The summed E-state index contributed by atoms with van der Waals surface area (Å²) in [5.41, 5.74) is 0. The second kappa shape index (κ2) is 9.75. The number of hydrogen-bond acceptors (Lipinski definition) is 6. The summed E-state index contributed by atoms with van der Waals surface area (Å²) in [6, 6.07) is 0. The number of carbonyl (C=O) groups excluding carboxylic acids is 1. The maximum absolute atomic E-state index is 11.7. The molecule has 0 bridgehead atoms. The molecule has 0 aromatic carbocycles. The van der Waals surface area contributed by atoms with Crippen molar-refractivity contribution in [1.29, 1.82) is 0 Å². The standard InChI is InChI=1S/C14H24O3.C13H20O3/c1-8-12-11(14(16-2)17-8)7-9-5-3-4-6-10(9)13(12)15;1-7-11-10(13(15)16-7)6-8-4-2-3-5-9(8)12(11)14/h8-15H,3-7H2,1-2H3;7-12,14H,2-6H2,1H3/t;7-,8+,9-,10-,11-,12+/m.0/s1.